The summed E-state index contributed by atoms with van der Waals surface area (Å²) in [6.07, 6.45) is -4.64. The van der Waals surface area contributed by atoms with Gasteiger partial charge in [-0.1, -0.05) is 0 Å². The van der Waals surface area contributed by atoms with Crippen molar-refractivity contribution in [3.05, 3.63) is 11.6 Å². The predicted molar refractivity (Wildman–Crippen MR) is 30.9 cm³/mol. The average molecular weight is 182 g/mol. The maximum absolute atomic E-state index is 11.9. The lowest BCUT2D eigenvalue weighted by molar-refractivity contribution is -0.322. The number of carbonyl (C=O) groups is 1. The number of ether oxygens (including phenoxy) is 1. The Bertz CT molecular complexity index is 255. The molecule has 1 heterocycles. The Morgan fingerprint density at radius 1 is 1.58 bits per heavy atom. The quantitative estimate of drug-likeness (QED) is 0.562. The highest BCUT2D eigenvalue weighted by Crippen LogP contribution is 2.37. The second kappa shape index (κ2) is 2.22. The van der Waals surface area contributed by atoms with E-state index in [0.29, 0.717) is 6.08 Å². The molecule has 3 nitrogen and oxygen atoms in total. The van der Waals surface area contributed by atoms with Gasteiger partial charge in [-0.25, -0.2) is 4.79 Å². The number of esters is 1. The molecule has 0 aliphatic carbocycles. The van der Waals surface area contributed by atoms with Crippen LogP contribution in [0.5, 0.6) is 0 Å². The van der Waals surface area contributed by atoms with Gasteiger partial charge in [0.25, 0.3) is 0 Å². The van der Waals surface area contributed by atoms with E-state index in [1.165, 1.54) is 0 Å². The van der Waals surface area contributed by atoms with Gasteiger partial charge in [0, 0.05) is 11.6 Å². The Kier molecular flexibility index (Phi) is 1.68. The Morgan fingerprint density at radius 3 is 2.25 bits per heavy atom. The van der Waals surface area contributed by atoms with Crippen LogP contribution in [0.25, 0.3) is 0 Å². The third-order valence-electron chi connectivity index (χ3n) is 1.39. The fraction of sp³-hybridized carbons (Fsp3) is 0.500. The molecule has 1 rings (SSSR count). The van der Waals surface area contributed by atoms with Crippen molar-refractivity contribution in [1.82, 2.24) is 0 Å². The van der Waals surface area contributed by atoms with Crippen molar-refractivity contribution in [2.75, 3.05) is 0 Å². The average Bonchev–Trinajstić information content (AvgIpc) is 2.06. The lowest BCUT2D eigenvalue weighted by Gasteiger charge is -2.21. The molecule has 68 valence electrons. The molecule has 0 fully saturated rings. The van der Waals surface area contributed by atoms with E-state index >= 15 is 0 Å². The Balaban J connectivity index is 3.00. The van der Waals surface area contributed by atoms with E-state index in [2.05, 4.69) is 4.74 Å². The van der Waals surface area contributed by atoms with Crippen LogP contribution >= 0.6 is 0 Å². The highest BCUT2D eigenvalue weighted by Gasteiger charge is 2.59. The van der Waals surface area contributed by atoms with Crippen molar-refractivity contribution in [2.45, 2.75) is 18.9 Å². The van der Waals surface area contributed by atoms with Gasteiger partial charge in [-0.05, 0) is 6.92 Å². The van der Waals surface area contributed by atoms with Crippen molar-refractivity contribution in [3.8, 4) is 0 Å². The molecule has 1 atom stereocenters. The minimum Gasteiger partial charge on any atom is -0.416 e. The molecule has 0 amide bonds. The van der Waals surface area contributed by atoms with Gasteiger partial charge in [-0.2, -0.15) is 13.2 Å². The Morgan fingerprint density at radius 2 is 2.08 bits per heavy atom. The first-order chi connectivity index (χ1) is 5.26. The first-order valence-electron chi connectivity index (χ1n) is 2.98. The van der Waals surface area contributed by atoms with E-state index in [1.54, 1.807) is 0 Å². The van der Waals surface area contributed by atoms with E-state index < -0.39 is 17.9 Å². The summed E-state index contributed by atoms with van der Waals surface area (Å²) >= 11 is 0. The summed E-state index contributed by atoms with van der Waals surface area (Å²) in [5.41, 5.74) is -0.255. The molecule has 0 bridgehead atoms. The molecular weight excluding hydrogens is 177 g/mol. The number of hydrogen-bond acceptors (Lipinski definition) is 3. The molecule has 1 aliphatic heterocycles. The number of hydrogen-bond donors (Lipinski definition) is 1. The molecule has 0 aromatic heterocycles. The summed E-state index contributed by atoms with van der Waals surface area (Å²) in [6, 6.07) is 0. The van der Waals surface area contributed by atoms with Gasteiger partial charge in [-0.15, -0.1) is 0 Å². The van der Waals surface area contributed by atoms with Gasteiger partial charge in [0.15, 0.2) is 0 Å². The summed E-state index contributed by atoms with van der Waals surface area (Å²) in [5, 5.41) is 8.72. The van der Waals surface area contributed by atoms with Gasteiger partial charge < -0.3 is 9.84 Å². The SMILES string of the molecule is CC1=CC(O)(C(F)(F)F)OC1=O. The van der Waals surface area contributed by atoms with E-state index in [9.17, 15) is 18.0 Å². The summed E-state index contributed by atoms with van der Waals surface area (Å²) in [6.45, 7) is 1.13. The van der Waals surface area contributed by atoms with Crippen molar-refractivity contribution in [1.29, 1.82) is 0 Å². The first-order valence-corrected chi connectivity index (χ1v) is 2.98. The number of aliphatic hydroxyl groups is 1. The van der Waals surface area contributed by atoms with E-state index in [4.69, 9.17) is 5.11 Å². The molecule has 0 saturated carbocycles. The van der Waals surface area contributed by atoms with E-state index in [0.717, 1.165) is 6.92 Å². The first kappa shape index (κ1) is 9.05. The van der Waals surface area contributed by atoms with Crippen LogP contribution in [0.4, 0.5) is 13.2 Å². The minimum atomic E-state index is -4.99. The summed E-state index contributed by atoms with van der Waals surface area (Å²) in [7, 11) is 0. The molecule has 0 saturated heterocycles. The summed E-state index contributed by atoms with van der Waals surface area (Å²) < 4.78 is 39.5. The fourth-order valence-electron chi connectivity index (χ4n) is 0.743. The highest BCUT2D eigenvalue weighted by molar-refractivity contribution is 5.90. The zero-order chi connectivity index (χ0) is 9.57. The van der Waals surface area contributed by atoms with Crippen molar-refractivity contribution in [2.24, 2.45) is 0 Å². The number of alkyl halides is 3. The molecule has 0 radical (unpaired) electrons. The van der Waals surface area contributed by atoms with Crippen LogP contribution in [0.3, 0.4) is 0 Å². The molecule has 0 aromatic carbocycles. The third kappa shape index (κ3) is 1.18. The Labute approximate surface area is 65.4 Å². The molecule has 6 heteroatoms. The Hall–Kier alpha value is -1.04. The van der Waals surface area contributed by atoms with Crippen LogP contribution in [0.1, 0.15) is 6.92 Å². The third-order valence-corrected chi connectivity index (χ3v) is 1.39. The summed E-state index contributed by atoms with van der Waals surface area (Å²) in [4.78, 5) is 10.5. The van der Waals surface area contributed by atoms with Crippen molar-refractivity contribution in [3.63, 3.8) is 0 Å². The van der Waals surface area contributed by atoms with Gasteiger partial charge >= 0.3 is 17.9 Å². The lowest BCUT2D eigenvalue weighted by Crippen LogP contribution is -2.44. The van der Waals surface area contributed by atoms with Crippen LogP contribution in [-0.4, -0.2) is 23.0 Å². The van der Waals surface area contributed by atoms with Crippen LogP contribution < -0.4 is 0 Å². The van der Waals surface area contributed by atoms with Crippen LogP contribution in [0, 0.1) is 0 Å². The van der Waals surface area contributed by atoms with Gasteiger partial charge in [0.2, 0.25) is 0 Å². The molecule has 0 spiro atoms. The zero-order valence-electron chi connectivity index (χ0n) is 5.97. The number of rotatable bonds is 0. The van der Waals surface area contributed by atoms with Crippen LogP contribution in [0.15, 0.2) is 11.6 Å². The zero-order valence-corrected chi connectivity index (χ0v) is 5.97. The standard InChI is InChI=1S/C6H5F3O3/c1-3-2-5(11,6(7,8)9)12-4(3)10/h2,11H,1H3. The maximum Gasteiger partial charge on any atom is 0.459 e. The molecular formula is C6H5F3O3. The van der Waals surface area contributed by atoms with Crippen LogP contribution in [-0.2, 0) is 9.53 Å². The van der Waals surface area contributed by atoms with Gasteiger partial charge in [0.1, 0.15) is 0 Å². The monoisotopic (exact) mass is 182 g/mol. The molecule has 1 aliphatic rings. The second-order valence-electron chi connectivity index (χ2n) is 2.41. The van der Waals surface area contributed by atoms with E-state index in [1.807, 2.05) is 0 Å². The van der Waals surface area contributed by atoms with Gasteiger partial charge in [-0.3, -0.25) is 0 Å². The van der Waals surface area contributed by atoms with Crippen molar-refractivity contribution < 1.29 is 27.8 Å². The second-order valence-corrected chi connectivity index (χ2v) is 2.41. The molecule has 1 N–H and O–H groups in total. The largest absolute Gasteiger partial charge is 0.459 e. The van der Waals surface area contributed by atoms with Gasteiger partial charge in [0.05, 0.1) is 0 Å². The number of halogens is 3. The minimum absolute atomic E-state index is 0.255. The highest BCUT2D eigenvalue weighted by atomic mass is 19.4. The maximum atomic E-state index is 11.9. The fourth-order valence-corrected chi connectivity index (χ4v) is 0.743. The predicted octanol–water partition coefficient (Wildman–Crippen LogP) is 0.740. The molecule has 0 aromatic rings. The molecule has 1 unspecified atom stereocenters. The summed E-state index contributed by atoms with van der Waals surface area (Å²) in [5.74, 6) is -4.59. The number of carbonyl (C=O) groups excluding carboxylic acids is 1. The van der Waals surface area contributed by atoms with Crippen LogP contribution in [0.2, 0.25) is 0 Å². The number of cyclic esters (lactones) is 1. The smallest absolute Gasteiger partial charge is 0.416 e. The van der Waals surface area contributed by atoms with Crippen molar-refractivity contribution >= 4 is 5.97 Å². The van der Waals surface area contributed by atoms with E-state index in [-0.39, 0.29) is 5.57 Å². The molecule has 12 heavy (non-hydrogen) atoms. The lowest BCUT2D eigenvalue weighted by atomic mass is 10.2. The topological polar surface area (TPSA) is 46.5 Å². The normalized spacial score (nSPS) is 30.1.